The molecule has 1 unspecified atom stereocenters. The lowest BCUT2D eigenvalue weighted by Crippen LogP contribution is -2.19. The average molecular weight is 196 g/mol. The van der Waals surface area contributed by atoms with E-state index >= 15 is 0 Å². The van der Waals surface area contributed by atoms with Gasteiger partial charge < -0.3 is 5.32 Å². The van der Waals surface area contributed by atoms with Crippen LogP contribution < -0.4 is 5.32 Å². The molecular formula is C9H12N2OS. The number of nitrogens with zero attached hydrogens (tertiary/aromatic N) is 1. The van der Waals surface area contributed by atoms with Crippen LogP contribution in [-0.4, -0.2) is 27.5 Å². The molecule has 1 aromatic heterocycles. The Bertz CT molecular complexity index is 296. The second kappa shape index (κ2) is 3.98. The maximum Gasteiger partial charge on any atom is 0.127 e. The zero-order chi connectivity index (χ0) is 9.10. The Morgan fingerprint density at radius 1 is 1.54 bits per heavy atom. The van der Waals surface area contributed by atoms with Crippen molar-refractivity contribution >= 4 is 10.8 Å². The Labute approximate surface area is 80.0 Å². The molecule has 0 aliphatic carbocycles. The first-order chi connectivity index (χ1) is 6.38. The minimum atomic E-state index is -0.932. The van der Waals surface area contributed by atoms with Crippen molar-refractivity contribution in [3.63, 3.8) is 0 Å². The van der Waals surface area contributed by atoms with Crippen molar-refractivity contribution in [2.75, 3.05) is 13.1 Å². The standard InChI is InChI=1S/C9H12N2OS/c12-13(8-4-6-10-7-8)9-3-1-2-5-11-9/h1-3,5,8,10H,4,6-7H2/t8-,13?/m1/s1. The number of nitrogens with one attached hydrogen (secondary N) is 1. The summed E-state index contributed by atoms with van der Waals surface area (Å²) in [5.74, 6) is 0. The molecule has 1 saturated heterocycles. The van der Waals surface area contributed by atoms with Crippen LogP contribution in [-0.2, 0) is 10.8 Å². The van der Waals surface area contributed by atoms with Gasteiger partial charge in [0.05, 0.1) is 16.0 Å². The Morgan fingerprint density at radius 3 is 3.08 bits per heavy atom. The second-order valence-electron chi connectivity index (χ2n) is 3.08. The minimum Gasteiger partial charge on any atom is -0.315 e. The van der Waals surface area contributed by atoms with Crippen LogP contribution in [0, 0.1) is 0 Å². The van der Waals surface area contributed by atoms with Crippen LogP contribution in [0.5, 0.6) is 0 Å². The van der Waals surface area contributed by atoms with E-state index in [2.05, 4.69) is 10.3 Å². The highest BCUT2D eigenvalue weighted by Crippen LogP contribution is 2.13. The van der Waals surface area contributed by atoms with E-state index < -0.39 is 10.8 Å². The summed E-state index contributed by atoms with van der Waals surface area (Å²) in [5.41, 5.74) is 0. The molecule has 1 aliphatic rings. The summed E-state index contributed by atoms with van der Waals surface area (Å²) in [6.07, 6.45) is 2.68. The highest BCUT2D eigenvalue weighted by Gasteiger charge is 2.22. The zero-order valence-corrected chi connectivity index (χ0v) is 8.09. The zero-order valence-electron chi connectivity index (χ0n) is 7.27. The molecule has 70 valence electrons. The average Bonchev–Trinajstić information content (AvgIpc) is 2.71. The molecule has 13 heavy (non-hydrogen) atoms. The summed E-state index contributed by atoms with van der Waals surface area (Å²) in [6, 6.07) is 5.55. The summed E-state index contributed by atoms with van der Waals surface area (Å²) in [7, 11) is -0.932. The van der Waals surface area contributed by atoms with Crippen molar-refractivity contribution in [2.24, 2.45) is 0 Å². The number of pyridine rings is 1. The van der Waals surface area contributed by atoms with E-state index in [0.29, 0.717) is 5.03 Å². The number of aromatic nitrogens is 1. The lowest BCUT2D eigenvalue weighted by molar-refractivity contribution is 0.669. The van der Waals surface area contributed by atoms with E-state index in [1.54, 1.807) is 6.20 Å². The molecule has 1 fully saturated rings. The molecule has 1 aliphatic heterocycles. The SMILES string of the molecule is O=S(c1ccccn1)[C@@H]1CCNC1. The van der Waals surface area contributed by atoms with E-state index in [0.717, 1.165) is 19.5 Å². The van der Waals surface area contributed by atoms with Crippen LogP contribution in [0.1, 0.15) is 6.42 Å². The molecule has 2 rings (SSSR count). The van der Waals surface area contributed by atoms with Gasteiger partial charge in [0, 0.05) is 12.7 Å². The molecule has 1 N–H and O–H groups in total. The fourth-order valence-electron chi connectivity index (χ4n) is 1.45. The van der Waals surface area contributed by atoms with Gasteiger partial charge in [0.1, 0.15) is 5.03 Å². The summed E-state index contributed by atoms with van der Waals surface area (Å²) in [6.45, 7) is 1.83. The minimum absolute atomic E-state index is 0.245. The normalized spacial score (nSPS) is 24.5. The number of hydrogen-bond donors (Lipinski definition) is 1. The summed E-state index contributed by atoms with van der Waals surface area (Å²) in [5, 5.41) is 4.15. The van der Waals surface area contributed by atoms with Crippen molar-refractivity contribution in [1.82, 2.24) is 10.3 Å². The van der Waals surface area contributed by atoms with Crippen molar-refractivity contribution < 1.29 is 4.21 Å². The van der Waals surface area contributed by atoms with Gasteiger partial charge in [0.15, 0.2) is 0 Å². The van der Waals surface area contributed by atoms with Gasteiger partial charge in [0.2, 0.25) is 0 Å². The summed E-state index contributed by atoms with van der Waals surface area (Å²) >= 11 is 0. The van der Waals surface area contributed by atoms with E-state index in [9.17, 15) is 4.21 Å². The first-order valence-electron chi connectivity index (χ1n) is 4.40. The van der Waals surface area contributed by atoms with Gasteiger partial charge in [-0.25, -0.2) is 4.98 Å². The van der Waals surface area contributed by atoms with Gasteiger partial charge in [-0.15, -0.1) is 0 Å². The molecule has 0 saturated carbocycles. The highest BCUT2D eigenvalue weighted by molar-refractivity contribution is 7.85. The van der Waals surface area contributed by atoms with Gasteiger partial charge in [-0.3, -0.25) is 4.21 Å². The van der Waals surface area contributed by atoms with Crippen molar-refractivity contribution in [3.05, 3.63) is 24.4 Å². The number of rotatable bonds is 2. The third-order valence-corrected chi connectivity index (χ3v) is 3.82. The second-order valence-corrected chi connectivity index (χ2v) is 4.76. The van der Waals surface area contributed by atoms with Gasteiger partial charge in [0.25, 0.3) is 0 Å². The molecular weight excluding hydrogens is 184 g/mol. The van der Waals surface area contributed by atoms with Crippen molar-refractivity contribution in [2.45, 2.75) is 16.7 Å². The molecule has 0 bridgehead atoms. The first-order valence-corrected chi connectivity index (χ1v) is 5.61. The Kier molecular flexibility index (Phi) is 2.71. The molecule has 3 nitrogen and oxygen atoms in total. The van der Waals surface area contributed by atoms with Crippen LogP contribution in [0.25, 0.3) is 0 Å². The van der Waals surface area contributed by atoms with Crippen LogP contribution in [0.3, 0.4) is 0 Å². The fourth-order valence-corrected chi connectivity index (χ4v) is 2.77. The quantitative estimate of drug-likeness (QED) is 0.751. The molecule has 0 radical (unpaired) electrons. The van der Waals surface area contributed by atoms with E-state index in [1.165, 1.54) is 0 Å². The van der Waals surface area contributed by atoms with Crippen LogP contribution >= 0.6 is 0 Å². The van der Waals surface area contributed by atoms with E-state index in [1.807, 2.05) is 18.2 Å². The van der Waals surface area contributed by atoms with Crippen LogP contribution in [0.15, 0.2) is 29.4 Å². The van der Waals surface area contributed by atoms with Gasteiger partial charge >= 0.3 is 0 Å². The topological polar surface area (TPSA) is 42.0 Å². The van der Waals surface area contributed by atoms with Gasteiger partial charge in [-0.2, -0.15) is 0 Å². The molecule has 0 aromatic carbocycles. The van der Waals surface area contributed by atoms with Crippen LogP contribution in [0.2, 0.25) is 0 Å². The van der Waals surface area contributed by atoms with Gasteiger partial charge in [-0.1, -0.05) is 6.07 Å². The maximum absolute atomic E-state index is 11.9. The lowest BCUT2D eigenvalue weighted by Gasteiger charge is -2.06. The van der Waals surface area contributed by atoms with Crippen LogP contribution in [0.4, 0.5) is 0 Å². The molecule has 2 heterocycles. The molecule has 0 spiro atoms. The molecule has 0 amide bonds. The third-order valence-electron chi connectivity index (χ3n) is 2.16. The Balaban J connectivity index is 2.13. The first kappa shape index (κ1) is 8.84. The smallest absolute Gasteiger partial charge is 0.127 e. The monoisotopic (exact) mass is 196 g/mol. The molecule has 1 aromatic rings. The summed E-state index contributed by atoms with van der Waals surface area (Å²) < 4.78 is 11.9. The molecule has 4 heteroatoms. The van der Waals surface area contributed by atoms with Crippen molar-refractivity contribution in [3.8, 4) is 0 Å². The van der Waals surface area contributed by atoms with E-state index in [-0.39, 0.29) is 5.25 Å². The van der Waals surface area contributed by atoms with Crippen molar-refractivity contribution in [1.29, 1.82) is 0 Å². The molecule has 2 atom stereocenters. The lowest BCUT2D eigenvalue weighted by atomic mass is 10.4. The predicted octanol–water partition coefficient (Wildman–Crippen LogP) is 0.551. The highest BCUT2D eigenvalue weighted by atomic mass is 32.2. The van der Waals surface area contributed by atoms with Gasteiger partial charge in [-0.05, 0) is 25.1 Å². The third kappa shape index (κ3) is 1.95. The fraction of sp³-hybridized carbons (Fsp3) is 0.444. The number of hydrogen-bond acceptors (Lipinski definition) is 3. The summed E-state index contributed by atoms with van der Waals surface area (Å²) in [4.78, 5) is 4.10. The van der Waals surface area contributed by atoms with E-state index in [4.69, 9.17) is 0 Å². The largest absolute Gasteiger partial charge is 0.315 e. The Morgan fingerprint density at radius 2 is 2.46 bits per heavy atom. The maximum atomic E-state index is 11.9. The predicted molar refractivity (Wildman–Crippen MR) is 51.9 cm³/mol. The Hall–Kier alpha value is -0.740.